The van der Waals surface area contributed by atoms with Crippen molar-refractivity contribution in [3.05, 3.63) is 23.8 Å². The van der Waals surface area contributed by atoms with E-state index < -0.39 is 0 Å². The van der Waals surface area contributed by atoms with Crippen molar-refractivity contribution in [2.24, 2.45) is 5.73 Å². The zero-order valence-electron chi connectivity index (χ0n) is 6.41. The summed E-state index contributed by atoms with van der Waals surface area (Å²) in [5.41, 5.74) is 12.4. The van der Waals surface area contributed by atoms with Crippen molar-refractivity contribution >= 4 is 5.69 Å². The molecule has 0 radical (unpaired) electrons. The van der Waals surface area contributed by atoms with Crippen LogP contribution in [-0.2, 0) is 0 Å². The van der Waals surface area contributed by atoms with Crippen molar-refractivity contribution < 1.29 is 5.11 Å². The van der Waals surface area contributed by atoms with Gasteiger partial charge in [-0.25, -0.2) is 0 Å². The van der Waals surface area contributed by atoms with Gasteiger partial charge in [0.2, 0.25) is 0 Å². The van der Waals surface area contributed by atoms with Crippen LogP contribution in [0.15, 0.2) is 18.2 Å². The summed E-state index contributed by atoms with van der Waals surface area (Å²) in [6.45, 7) is 1.80. The average molecular weight is 152 g/mol. The van der Waals surface area contributed by atoms with Crippen LogP contribution < -0.4 is 11.5 Å². The summed E-state index contributed by atoms with van der Waals surface area (Å²) in [4.78, 5) is 0. The molecule has 3 nitrogen and oxygen atoms in total. The number of nitrogen functional groups attached to an aromatic ring is 1. The lowest BCUT2D eigenvalue weighted by Crippen LogP contribution is -2.05. The van der Waals surface area contributed by atoms with Crippen molar-refractivity contribution in [1.82, 2.24) is 0 Å². The van der Waals surface area contributed by atoms with E-state index in [1.807, 2.05) is 0 Å². The van der Waals surface area contributed by atoms with E-state index in [1.165, 1.54) is 0 Å². The minimum Gasteiger partial charge on any atom is -0.508 e. The molecule has 3 heteroatoms. The van der Waals surface area contributed by atoms with Crippen LogP contribution >= 0.6 is 0 Å². The van der Waals surface area contributed by atoms with Crippen LogP contribution in [0.2, 0.25) is 0 Å². The van der Waals surface area contributed by atoms with Gasteiger partial charge in [0.15, 0.2) is 0 Å². The molecule has 1 rings (SSSR count). The van der Waals surface area contributed by atoms with Gasteiger partial charge in [-0.3, -0.25) is 0 Å². The highest BCUT2D eigenvalue weighted by atomic mass is 16.3. The highest BCUT2D eigenvalue weighted by Gasteiger charge is 2.04. The molecule has 60 valence electrons. The van der Waals surface area contributed by atoms with Gasteiger partial charge in [0, 0.05) is 17.3 Å². The van der Waals surface area contributed by atoms with Crippen molar-refractivity contribution in [3.8, 4) is 5.75 Å². The number of nitrogens with two attached hydrogens (primary N) is 2. The van der Waals surface area contributed by atoms with Crippen LogP contribution in [0.25, 0.3) is 0 Å². The third kappa shape index (κ3) is 1.62. The van der Waals surface area contributed by atoms with E-state index in [0.29, 0.717) is 11.3 Å². The van der Waals surface area contributed by atoms with E-state index in [2.05, 4.69) is 0 Å². The smallest absolute Gasteiger partial charge is 0.120 e. The van der Waals surface area contributed by atoms with Gasteiger partial charge in [-0.15, -0.1) is 0 Å². The van der Waals surface area contributed by atoms with Crippen molar-refractivity contribution in [3.63, 3.8) is 0 Å². The van der Waals surface area contributed by atoms with E-state index in [4.69, 9.17) is 11.5 Å². The summed E-state index contributed by atoms with van der Waals surface area (Å²) < 4.78 is 0. The van der Waals surface area contributed by atoms with Gasteiger partial charge in [0.05, 0.1) is 0 Å². The number of hydrogen-bond donors (Lipinski definition) is 3. The fraction of sp³-hybridized carbons (Fsp3) is 0.250. The molecule has 0 fully saturated rings. The van der Waals surface area contributed by atoms with E-state index >= 15 is 0 Å². The van der Waals surface area contributed by atoms with Crippen LogP contribution in [-0.4, -0.2) is 5.11 Å². The van der Waals surface area contributed by atoms with Gasteiger partial charge in [-0.05, 0) is 25.1 Å². The maximum atomic E-state index is 9.27. The summed E-state index contributed by atoms with van der Waals surface area (Å²) in [7, 11) is 0. The largest absolute Gasteiger partial charge is 0.508 e. The second-order valence-electron chi connectivity index (χ2n) is 2.61. The molecule has 1 atom stereocenters. The molecule has 0 amide bonds. The molecule has 0 saturated heterocycles. The first-order valence-electron chi connectivity index (χ1n) is 3.45. The Hall–Kier alpha value is -1.22. The van der Waals surface area contributed by atoms with Crippen LogP contribution in [0, 0.1) is 0 Å². The van der Waals surface area contributed by atoms with E-state index in [0.717, 1.165) is 0 Å². The predicted molar refractivity (Wildman–Crippen MR) is 45.1 cm³/mol. The molecule has 0 saturated carbocycles. The lowest BCUT2D eigenvalue weighted by atomic mass is 10.1. The van der Waals surface area contributed by atoms with Crippen molar-refractivity contribution in [2.75, 3.05) is 5.73 Å². The first kappa shape index (κ1) is 7.88. The zero-order chi connectivity index (χ0) is 8.43. The number of anilines is 1. The Kier molecular flexibility index (Phi) is 2.01. The van der Waals surface area contributed by atoms with Gasteiger partial charge in [0.1, 0.15) is 5.75 Å². The zero-order valence-corrected chi connectivity index (χ0v) is 6.41. The molecule has 0 spiro atoms. The van der Waals surface area contributed by atoms with E-state index in [-0.39, 0.29) is 11.8 Å². The van der Waals surface area contributed by atoms with Crippen molar-refractivity contribution in [2.45, 2.75) is 13.0 Å². The quantitative estimate of drug-likeness (QED) is 0.415. The van der Waals surface area contributed by atoms with E-state index in [1.54, 1.807) is 25.1 Å². The van der Waals surface area contributed by atoms with Crippen LogP contribution in [0.1, 0.15) is 18.5 Å². The van der Waals surface area contributed by atoms with Crippen LogP contribution in [0.3, 0.4) is 0 Å². The molecule has 0 aromatic heterocycles. The molecule has 0 unspecified atom stereocenters. The maximum Gasteiger partial charge on any atom is 0.120 e. The first-order valence-corrected chi connectivity index (χ1v) is 3.45. The highest BCUT2D eigenvalue weighted by Crippen LogP contribution is 2.24. The number of phenolic OH excluding ortho intramolecular Hbond substituents is 1. The Morgan fingerprint density at radius 1 is 1.45 bits per heavy atom. The Balaban J connectivity index is 3.13. The predicted octanol–water partition coefficient (Wildman–Crippen LogP) is 0.994. The average Bonchev–Trinajstić information content (AvgIpc) is 1.94. The highest BCUT2D eigenvalue weighted by molar-refractivity contribution is 5.48. The monoisotopic (exact) mass is 152 g/mol. The molecular weight excluding hydrogens is 140 g/mol. The number of hydrogen-bond acceptors (Lipinski definition) is 3. The van der Waals surface area contributed by atoms with Gasteiger partial charge in [0.25, 0.3) is 0 Å². The Morgan fingerprint density at radius 3 is 2.55 bits per heavy atom. The minimum atomic E-state index is -0.182. The van der Waals surface area contributed by atoms with Gasteiger partial charge < -0.3 is 16.6 Å². The molecule has 0 bridgehead atoms. The molecule has 1 aromatic rings. The number of phenols is 1. The second kappa shape index (κ2) is 2.80. The standard InChI is InChI=1S/C8H12N2O/c1-5(9)7-4-6(10)2-3-8(7)11/h2-5,11H,9-10H2,1H3/t5-/m0/s1. The van der Waals surface area contributed by atoms with Crippen LogP contribution in [0.5, 0.6) is 5.75 Å². The fourth-order valence-corrected chi connectivity index (χ4v) is 0.938. The molecular formula is C8H12N2O. The molecule has 1 aromatic carbocycles. The maximum absolute atomic E-state index is 9.27. The Morgan fingerprint density at radius 2 is 2.09 bits per heavy atom. The molecule has 0 aliphatic heterocycles. The van der Waals surface area contributed by atoms with Crippen LogP contribution in [0.4, 0.5) is 5.69 Å². The molecule has 0 aliphatic rings. The Bertz CT molecular complexity index is 258. The number of benzene rings is 1. The summed E-state index contributed by atoms with van der Waals surface area (Å²) in [6.07, 6.45) is 0. The summed E-state index contributed by atoms with van der Waals surface area (Å²) in [6, 6.07) is 4.69. The normalized spacial score (nSPS) is 12.9. The summed E-state index contributed by atoms with van der Waals surface area (Å²) >= 11 is 0. The van der Waals surface area contributed by atoms with Gasteiger partial charge >= 0.3 is 0 Å². The third-order valence-corrected chi connectivity index (χ3v) is 1.54. The van der Waals surface area contributed by atoms with Crippen molar-refractivity contribution in [1.29, 1.82) is 0 Å². The van der Waals surface area contributed by atoms with E-state index in [9.17, 15) is 5.11 Å². The summed E-state index contributed by atoms with van der Waals surface area (Å²) in [5.74, 6) is 0.203. The lowest BCUT2D eigenvalue weighted by molar-refractivity contribution is 0.464. The molecule has 0 heterocycles. The third-order valence-electron chi connectivity index (χ3n) is 1.54. The SMILES string of the molecule is C[C@H](N)c1cc(N)ccc1O. The number of aromatic hydroxyl groups is 1. The molecule has 0 aliphatic carbocycles. The fourth-order valence-electron chi connectivity index (χ4n) is 0.938. The second-order valence-corrected chi connectivity index (χ2v) is 2.61. The lowest BCUT2D eigenvalue weighted by Gasteiger charge is -2.08. The number of rotatable bonds is 1. The Labute approximate surface area is 65.6 Å². The van der Waals surface area contributed by atoms with Gasteiger partial charge in [-0.2, -0.15) is 0 Å². The molecule has 11 heavy (non-hydrogen) atoms. The van der Waals surface area contributed by atoms with Gasteiger partial charge in [-0.1, -0.05) is 0 Å². The summed E-state index contributed by atoms with van der Waals surface area (Å²) in [5, 5.41) is 9.27. The first-order chi connectivity index (χ1) is 5.11. The topological polar surface area (TPSA) is 72.3 Å². The molecule has 5 N–H and O–H groups in total. The minimum absolute atomic E-state index is 0.182.